The van der Waals surface area contributed by atoms with Crippen LogP contribution in [0.15, 0.2) is 35.3 Å². The Morgan fingerprint density at radius 2 is 1.95 bits per heavy atom. The second kappa shape index (κ2) is 7.49. The zero-order valence-corrected chi connectivity index (χ0v) is 10.9. The van der Waals surface area contributed by atoms with Crippen molar-refractivity contribution in [2.24, 2.45) is 0 Å². The summed E-state index contributed by atoms with van der Waals surface area (Å²) in [5, 5.41) is 13.7. The zero-order chi connectivity index (χ0) is 14.0. The summed E-state index contributed by atoms with van der Waals surface area (Å²) >= 11 is 5.81. The van der Waals surface area contributed by atoms with Crippen molar-refractivity contribution in [3.05, 3.63) is 57.0 Å². The third-order valence-corrected chi connectivity index (χ3v) is 2.95. The molecule has 0 aliphatic rings. The van der Waals surface area contributed by atoms with Crippen LogP contribution in [0.2, 0.25) is 5.02 Å². The van der Waals surface area contributed by atoms with Gasteiger partial charge < -0.3 is 5.11 Å². The van der Waals surface area contributed by atoms with Gasteiger partial charge in [-0.25, -0.2) is 9.48 Å². The SMILES string of the molecule is CCc1c(C(=O)O)c(=O)cnn1-c1ccc(Cl)cc1.[KH]. The molecule has 0 unspecified atom stereocenters. The van der Waals surface area contributed by atoms with E-state index in [9.17, 15) is 9.59 Å². The summed E-state index contributed by atoms with van der Waals surface area (Å²) < 4.78 is 1.45. The Kier molecular flexibility index (Phi) is 6.57. The molecule has 20 heavy (non-hydrogen) atoms. The van der Waals surface area contributed by atoms with Crippen LogP contribution in [-0.4, -0.2) is 72.2 Å². The molecule has 2 aromatic rings. The Hall–Kier alpha value is -0.504. The molecule has 2 rings (SSSR count). The Morgan fingerprint density at radius 3 is 2.45 bits per heavy atom. The first kappa shape index (κ1) is 17.5. The average molecular weight is 319 g/mol. The first-order valence-corrected chi connectivity index (χ1v) is 6.02. The Labute approximate surface area is 163 Å². The van der Waals surface area contributed by atoms with E-state index >= 15 is 0 Å². The van der Waals surface area contributed by atoms with Crippen LogP contribution < -0.4 is 5.43 Å². The van der Waals surface area contributed by atoms with Gasteiger partial charge in [0.05, 0.1) is 17.6 Å². The van der Waals surface area contributed by atoms with Crippen molar-refractivity contribution in [1.82, 2.24) is 9.78 Å². The van der Waals surface area contributed by atoms with Crippen molar-refractivity contribution in [3.8, 4) is 5.69 Å². The summed E-state index contributed by atoms with van der Waals surface area (Å²) in [5.74, 6) is -1.24. The molecular formula is C13H12ClKN2O3. The predicted molar refractivity (Wildman–Crippen MR) is 78.3 cm³/mol. The third kappa shape index (κ3) is 3.57. The molecule has 7 heteroatoms. The fourth-order valence-electron chi connectivity index (χ4n) is 1.85. The number of rotatable bonds is 3. The van der Waals surface area contributed by atoms with Gasteiger partial charge in [0, 0.05) is 5.02 Å². The molecule has 0 spiro atoms. The number of aromatic carboxylic acids is 1. The van der Waals surface area contributed by atoms with Crippen molar-refractivity contribution < 1.29 is 9.90 Å². The van der Waals surface area contributed by atoms with Gasteiger partial charge in [0.2, 0.25) is 5.43 Å². The van der Waals surface area contributed by atoms with Crippen LogP contribution >= 0.6 is 11.6 Å². The molecule has 1 heterocycles. The average Bonchev–Trinajstić information content (AvgIpc) is 2.39. The molecule has 0 aliphatic carbocycles. The van der Waals surface area contributed by atoms with Crippen LogP contribution in [0.4, 0.5) is 0 Å². The number of hydrogen-bond donors (Lipinski definition) is 1. The van der Waals surface area contributed by atoms with E-state index in [1.54, 1.807) is 31.2 Å². The zero-order valence-electron chi connectivity index (χ0n) is 10.1. The van der Waals surface area contributed by atoms with Gasteiger partial charge in [0.25, 0.3) is 0 Å². The quantitative estimate of drug-likeness (QED) is 0.870. The third-order valence-electron chi connectivity index (χ3n) is 2.70. The van der Waals surface area contributed by atoms with E-state index in [1.165, 1.54) is 4.68 Å². The molecule has 0 saturated heterocycles. The Morgan fingerprint density at radius 1 is 1.35 bits per heavy atom. The van der Waals surface area contributed by atoms with Crippen LogP contribution in [0.3, 0.4) is 0 Å². The Bertz CT molecular complexity index is 683. The first-order chi connectivity index (χ1) is 9.04. The molecule has 0 atom stereocenters. The van der Waals surface area contributed by atoms with Crippen LogP contribution in [0, 0.1) is 0 Å². The fourth-order valence-corrected chi connectivity index (χ4v) is 1.98. The molecular weight excluding hydrogens is 307 g/mol. The molecule has 1 N–H and O–H groups in total. The summed E-state index contributed by atoms with van der Waals surface area (Å²) in [6.07, 6.45) is 1.39. The molecule has 1 aromatic heterocycles. The van der Waals surface area contributed by atoms with Crippen LogP contribution in [0.5, 0.6) is 0 Å². The van der Waals surface area contributed by atoms with E-state index in [0.29, 0.717) is 22.8 Å². The van der Waals surface area contributed by atoms with E-state index < -0.39 is 11.4 Å². The molecule has 0 saturated carbocycles. The van der Waals surface area contributed by atoms with Crippen molar-refractivity contribution in [2.45, 2.75) is 13.3 Å². The summed E-state index contributed by atoms with van der Waals surface area (Å²) in [5.41, 5.74) is 0.188. The van der Waals surface area contributed by atoms with Crippen LogP contribution in [0.25, 0.3) is 5.69 Å². The normalized spacial score (nSPS) is 9.90. The van der Waals surface area contributed by atoms with E-state index in [-0.39, 0.29) is 56.9 Å². The van der Waals surface area contributed by atoms with Crippen molar-refractivity contribution in [3.63, 3.8) is 0 Å². The molecule has 0 radical (unpaired) electrons. The van der Waals surface area contributed by atoms with Crippen LogP contribution in [0.1, 0.15) is 23.0 Å². The maximum atomic E-state index is 11.6. The summed E-state index contributed by atoms with van der Waals surface area (Å²) in [6, 6.07) is 6.78. The number of halogens is 1. The molecule has 100 valence electrons. The number of aromatic nitrogens is 2. The number of carboxylic acids is 1. The number of nitrogens with zero attached hydrogens (tertiary/aromatic N) is 2. The second-order valence-corrected chi connectivity index (χ2v) is 4.31. The summed E-state index contributed by atoms with van der Waals surface area (Å²) in [6.45, 7) is 1.77. The van der Waals surface area contributed by atoms with E-state index in [0.717, 1.165) is 6.20 Å². The topological polar surface area (TPSA) is 72.2 Å². The van der Waals surface area contributed by atoms with Gasteiger partial charge in [0.15, 0.2) is 0 Å². The number of benzene rings is 1. The van der Waals surface area contributed by atoms with Crippen LogP contribution in [-0.2, 0) is 6.42 Å². The standard InChI is InChI=1S/C13H11ClN2O3.K.H/c1-2-10-12(13(18)19)11(17)7-15-16(10)9-5-3-8(14)4-6-9;;/h3-7H,2H2,1H3,(H,18,19);;. The van der Waals surface area contributed by atoms with Gasteiger partial charge in [-0.3, -0.25) is 4.79 Å². The number of hydrogen-bond acceptors (Lipinski definition) is 3. The van der Waals surface area contributed by atoms with Crippen molar-refractivity contribution in [2.75, 3.05) is 0 Å². The molecule has 1 aromatic carbocycles. The summed E-state index contributed by atoms with van der Waals surface area (Å²) in [7, 11) is 0. The first-order valence-electron chi connectivity index (χ1n) is 5.65. The maximum absolute atomic E-state index is 11.6. The molecule has 0 aliphatic heterocycles. The van der Waals surface area contributed by atoms with Crippen molar-refractivity contribution in [1.29, 1.82) is 0 Å². The monoisotopic (exact) mass is 318 g/mol. The van der Waals surface area contributed by atoms with Gasteiger partial charge in [-0.05, 0) is 30.7 Å². The molecule has 0 amide bonds. The minimum atomic E-state index is -1.24. The van der Waals surface area contributed by atoms with E-state index in [4.69, 9.17) is 16.7 Å². The number of carbonyl (C=O) groups is 1. The van der Waals surface area contributed by atoms with Gasteiger partial charge in [-0.2, -0.15) is 5.10 Å². The van der Waals surface area contributed by atoms with Gasteiger partial charge >= 0.3 is 57.4 Å². The van der Waals surface area contributed by atoms with Gasteiger partial charge in [-0.15, -0.1) is 0 Å². The van der Waals surface area contributed by atoms with Crippen molar-refractivity contribution >= 4 is 69.0 Å². The minimum absolute atomic E-state index is 0. The second-order valence-electron chi connectivity index (χ2n) is 3.88. The molecule has 0 bridgehead atoms. The fraction of sp³-hybridized carbons (Fsp3) is 0.154. The summed E-state index contributed by atoms with van der Waals surface area (Å²) in [4.78, 5) is 22.8. The molecule has 5 nitrogen and oxygen atoms in total. The Balaban J connectivity index is 0.00000200. The van der Waals surface area contributed by atoms with E-state index in [2.05, 4.69) is 5.10 Å². The predicted octanol–water partition coefficient (Wildman–Crippen LogP) is 1.50. The number of carboxylic acid groups (broad SMARTS) is 1. The van der Waals surface area contributed by atoms with Gasteiger partial charge in [0.1, 0.15) is 5.56 Å². The van der Waals surface area contributed by atoms with Gasteiger partial charge in [-0.1, -0.05) is 18.5 Å². The molecule has 0 fully saturated rings. The van der Waals surface area contributed by atoms with E-state index in [1.807, 2.05) is 0 Å².